The van der Waals surface area contributed by atoms with Crippen molar-refractivity contribution in [3.63, 3.8) is 0 Å². The summed E-state index contributed by atoms with van der Waals surface area (Å²) >= 11 is 0. The van der Waals surface area contributed by atoms with Crippen LogP contribution in [-0.4, -0.2) is 23.1 Å². The van der Waals surface area contributed by atoms with Gasteiger partial charge in [0.15, 0.2) is 0 Å². The first-order valence-corrected chi connectivity index (χ1v) is 6.62. The smallest absolute Gasteiger partial charge is 0.225 e. The Bertz CT molecular complexity index is 371. The van der Waals surface area contributed by atoms with Gasteiger partial charge in [0.05, 0.1) is 5.69 Å². The second-order valence-electron chi connectivity index (χ2n) is 5.34. The Morgan fingerprint density at radius 1 is 1.18 bits per heavy atom. The summed E-state index contributed by atoms with van der Waals surface area (Å²) in [6, 6.07) is 1.90. The van der Waals surface area contributed by atoms with Crippen molar-refractivity contribution in [2.75, 3.05) is 18.0 Å². The average molecular weight is 232 g/mol. The Kier molecular flexibility index (Phi) is 2.97. The van der Waals surface area contributed by atoms with Gasteiger partial charge in [0, 0.05) is 25.8 Å². The lowest BCUT2D eigenvalue weighted by Gasteiger charge is -2.22. The van der Waals surface area contributed by atoms with E-state index in [4.69, 9.17) is 5.73 Å². The predicted octanol–water partition coefficient (Wildman–Crippen LogP) is 1.56. The Morgan fingerprint density at radius 2 is 1.82 bits per heavy atom. The molecule has 2 aliphatic rings. The van der Waals surface area contributed by atoms with Crippen LogP contribution in [0.1, 0.15) is 31.4 Å². The van der Waals surface area contributed by atoms with Gasteiger partial charge in [-0.15, -0.1) is 0 Å². The average Bonchev–Trinajstić information content (AvgIpc) is 3.23. The standard InChI is InChI=1S/C13H20N4/c14-7-12-5-6-15-13(16-12)17(8-10-1-2-10)9-11-3-4-11/h5-6,10-11H,1-4,7-9,14H2. The molecule has 4 heteroatoms. The lowest BCUT2D eigenvalue weighted by Crippen LogP contribution is -2.30. The molecule has 0 amide bonds. The maximum atomic E-state index is 5.64. The summed E-state index contributed by atoms with van der Waals surface area (Å²) in [4.78, 5) is 11.3. The molecule has 17 heavy (non-hydrogen) atoms. The molecule has 0 spiro atoms. The van der Waals surface area contributed by atoms with Crippen molar-refractivity contribution in [1.29, 1.82) is 0 Å². The molecule has 92 valence electrons. The summed E-state index contributed by atoms with van der Waals surface area (Å²) in [5.41, 5.74) is 6.57. The summed E-state index contributed by atoms with van der Waals surface area (Å²) in [7, 11) is 0. The highest BCUT2D eigenvalue weighted by molar-refractivity contribution is 5.31. The minimum absolute atomic E-state index is 0.496. The summed E-state index contributed by atoms with van der Waals surface area (Å²) in [6.45, 7) is 2.76. The molecule has 1 aromatic rings. The molecular weight excluding hydrogens is 212 g/mol. The van der Waals surface area contributed by atoms with E-state index in [9.17, 15) is 0 Å². The van der Waals surface area contributed by atoms with Crippen LogP contribution in [0.4, 0.5) is 5.95 Å². The van der Waals surface area contributed by atoms with Gasteiger partial charge in [0.2, 0.25) is 5.95 Å². The van der Waals surface area contributed by atoms with Crippen LogP contribution in [0.25, 0.3) is 0 Å². The first-order valence-electron chi connectivity index (χ1n) is 6.62. The fraction of sp³-hybridized carbons (Fsp3) is 0.692. The molecule has 2 aliphatic carbocycles. The fourth-order valence-electron chi connectivity index (χ4n) is 2.11. The van der Waals surface area contributed by atoms with Gasteiger partial charge >= 0.3 is 0 Å². The Labute approximate surface area is 102 Å². The lowest BCUT2D eigenvalue weighted by atomic mass is 10.3. The van der Waals surface area contributed by atoms with Crippen molar-refractivity contribution in [3.8, 4) is 0 Å². The Hall–Kier alpha value is -1.16. The molecule has 0 unspecified atom stereocenters. The molecule has 1 heterocycles. The van der Waals surface area contributed by atoms with Gasteiger partial charge in [0.1, 0.15) is 0 Å². The van der Waals surface area contributed by atoms with Gasteiger partial charge in [-0.25, -0.2) is 9.97 Å². The predicted molar refractivity (Wildman–Crippen MR) is 67.6 cm³/mol. The number of hydrogen-bond donors (Lipinski definition) is 1. The van der Waals surface area contributed by atoms with Crippen LogP contribution in [0.15, 0.2) is 12.3 Å². The van der Waals surface area contributed by atoms with Crippen LogP contribution in [0.3, 0.4) is 0 Å². The molecule has 1 aromatic heterocycles. The molecule has 0 aliphatic heterocycles. The van der Waals surface area contributed by atoms with Crippen LogP contribution in [0.5, 0.6) is 0 Å². The van der Waals surface area contributed by atoms with Gasteiger partial charge in [-0.2, -0.15) is 0 Å². The van der Waals surface area contributed by atoms with E-state index in [1.54, 1.807) is 0 Å². The number of anilines is 1. The second-order valence-corrected chi connectivity index (χ2v) is 5.34. The van der Waals surface area contributed by atoms with E-state index >= 15 is 0 Å². The first kappa shape index (κ1) is 11.0. The van der Waals surface area contributed by atoms with E-state index in [1.807, 2.05) is 12.3 Å². The monoisotopic (exact) mass is 232 g/mol. The van der Waals surface area contributed by atoms with Crippen LogP contribution in [0.2, 0.25) is 0 Å². The van der Waals surface area contributed by atoms with Gasteiger partial charge < -0.3 is 10.6 Å². The van der Waals surface area contributed by atoms with Crippen LogP contribution >= 0.6 is 0 Å². The van der Waals surface area contributed by atoms with E-state index in [0.717, 1.165) is 36.6 Å². The van der Waals surface area contributed by atoms with Crippen molar-refractivity contribution in [2.24, 2.45) is 17.6 Å². The van der Waals surface area contributed by atoms with Crippen molar-refractivity contribution in [1.82, 2.24) is 9.97 Å². The minimum Gasteiger partial charge on any atom is -0.340 e. The van der Waals surface area contributed by atoms with Crippen LogP contribution in [-0.2, 0) is 6.54 Å². The maximum Gasteiger partial charge on any atom is 0.225 e. The topological polar surface area (TPSA) is 55.0 Å². The zero-order chi connectivity index (χ0) is 11.7. The maximum absolute atomic E-state index is 5.64. The molecule has 0 radical (unpaired) electrons. The third-order valence-corrected chi connectivity index (χ3v) is 3.54. The number of rotatable bonds is 6. The minimum atomic E-state index is 0.496. The van der Waals surface area contributed by atoms with Crippen molar-refractivity contribution >= 4 is 5.95 Å². The van der Waals surface area contributed by atoms with Crippen molar-refractivity contribution in [3.05, 3.63) is 18.0 Å². The Balaban J connectivity index is 1.73. The van der Waals surface area contributed by atoms with Crippen molar-refractivity contribution in [2.45, 2.75) is 32.2 Å². The summed E-state index contributed by atoms with van der Waals surface area (Å²) < 4.78 is 0. The van der Waals surface area contributed by atoms with Gasteiger partial charge in [0.25, 0.3) is 0 Å². The zero-order valence-corrected chi connectivity index (χ0v) is 10.2. The quantitative estimate of drug-likeness (QED) is 0.808. The molecule has 4 nitrogen and oxygen atoms in total. The molecule has 0 aromatic carbocycles. The Morgan fingerprint density at radius 3 is 2.35 bits per heavy atom. The van der Waals surface area contributed by atoms with Crippen LogP contribution < -0.4 is 10.6 Å². The SMILES string of the molecule is NCc1ccnc(N(CC2CC2)CC2CC2)n1. The third kappa shape index (κ3) is 2.94. The largest absolute Gasteiger partial charge is 0.340 e. The summed E-state index contributed by atoms with van der Waals surface area (Å²) in [5, 5.41) is 0. The highest BCUT2D eigenvalue weighted by Gasteiger charge is 2.30. The lowest BCUT2D eigenvalue weighted by molar-refractivity contribution is 0.659. The highest BCUT2D eigenvalue weighted by Crippen LogP contribution is 2.34. The van der Waals surface area contributed by atoms with Gasteiger partial charge in [-0.3, -0.25) is 0 Å². The normalized spacial score (nSPS) is 19.4. The molecule has 2 fully saturated rings. The second kappa shape index (κ2) is 4.61. The molecule has 0 atom stereocenters. The molecule has 0 saturated heterocycles. The molecular formula is C13H20N4. The number of nitrogens with two attached hydrogens (primary N) is 1. The fourth-order valence-corrected chi connectivity index (χ4v) is 2.11. The molecule has 2 N–H and O–H groups in total. The van der Waals surface area contributed by atoms with E-state index in [2.05, 4.69) is 14.9 Å². The first-order chi connectivity index (χ1) is 8.35. The number of aromatic nitrogens is 2. The third-order valence-electron chi connectivity index (χ3n) is 3.54. The highest BCUT2D eigenvalue weighted by atomic mass is 15.3. The number of hydrogen-bond acceptors (Lipinski definition) is 4. The van der Waals surface area contributed by atoms with Crippen molar-refractivity contribution < 1.29 is 0 Å². The number of nitrogens with zero attached hydrogens (tertiary/aromatic N) is 3. The summed E-state index contributed by atoms with van der Waals surface area (Å²) in [6.07, 6.45) is 7.32. The summed E-state index contributed by atoms with van der Waals surface area (Å²) in [5.74, 6) is 2.63. The zero-order valence-electron chi connectivity index (χ0n) is 10.2. The molecule has 0 bridgehead atoms. The molecule has 3 rings (SSSR count). The van der Waals surface area contributed by atoms with Gasteiger partial charge in [-0.1, -0.05) is 0 Å². The van der Waals surface area contributed by atoms with E-state index in [-0.39, 0.29) is 0 Å². The van der Waals surface area contributed by atoms with E-state index in [0.29, 0.717) is 6.54 Å². The van der Waals surface area contributed by atoms with E-state index < -0.39 is 0 Å². The van der Waals surface area contributed by atoms with Crippen LogP contribution in [0, 0.1) is 11.8 Å². The van der Waals surface area contributed by atoms with Gasteiger partial charge in [-0.05, 0) is 43.6 Å². The molecule has 2 saturated carbocycles. The van der Waals surface area contributed by atoms with E-state index in [1.165, 1.54) is 25.7 Å².